The van der Waals surface area contributed by atoms with Crippen LogP contribution in [0.3, 0.4) is 0 Å². The molecule has 0 saturated carbocycles. The van der Waals surface area contributed by atoms with Gasteiger partial charge in [0.05, 0.1) is 14.4 Å². The van der Waals surface area contributed by atoms with E-state index in [4.69, 9.17) is 0 Å². The molecule has 0 aromatic carbocycles. The van der Waals surface area contributed by atoms with Gasteiger partial charge in [0, 0.05) is 6.54 Å². The first-order valence-corrected chi connectivity index (χ1v) is 5.30. The second kappa shape index (κ2) is 3.77. The van der Waals surface area contributed by atoms with E-state index in [9.17, 15) is 5.11 Å². The molecule has 0 bridgehead atoms. The highest BCUT2D eigenvalue weighted by molar-refractivity contribution is 9.11. The van der Waals surface area contributed by atoms with Gasteiger partial charge in [-0.05, 0) is 41.9 Å². The summed E-state index contributed by atoms with van der Waals surface area (Å²) in [6.45, 7) is 4.13. The maximum Gasteiger partial charge on any atom is 0.0895 e. The zero-order chi connectivity index (χ0) is 9.19. The number of thiophene rings is 1. The van der Waals surface area contributed by atoms with Crippen LogP contribution in [0.15, 0.2) is 15.9 Å². The van der Waals surface area contributed by atoms with Crippen LogP contribution in [-0.2, 0) is 0 Å². The molecule has 2 nitrogen and oxygen atoms in total. The highest BCUT2D eigenvalue weighted by atomic mass is 79.9. The van der Waals surface area contributed by atoms with Gasteiger partial charge < -0.3 is 10.4 Å². The van der Waals surface area contributed by atoms with Gasteiger partial charge in [0.2, 0.25) is 0 Å². The smallest absolute Gasteiger partial charge is 0.0895 e. The molecule has 0 aliphatic heterocycles. The van der Waals surface area contributed by atoms with Crippen LogP contribution in [0, 0.1) is 0 Å². The van der Waals surface area contributed by atoms with Crippen LogP contribution in [0.4, 0.5) is 5.00 Å². The molecule has 0 aliphatic carbocycles. The molecule has 0 radical (unpaired) electrons. The molecule has 1 aromatic rings. The van der Waals surface area contributed by atoms with Crippen LogP contribution >= 0.6 is 27.3 Å². The van der Waals surface area contributed by atoms with E-state index in [0.29, 0.717) is 6.54 Å². The SMILES string of the molecule is CC(C)(O)CNc1ccc(Br)s1. The number of halogens is 1. The van der Waals surface area contributed by atoms with Crippen molar-refractivity contribution in [1.29, 1.82) is 0 Å². The Hall–Kier alpha value is -0.0600. The van der Waals surface area contributed by atoms with E-state index in [1.54, 1.807) is 25.2 Å². The summed E-state index contributed by atoms with van der Waals surface area (Å²) in [5.41, 5.74) is -0.656. The fourth-order valence-electron chi connectivity index (χ4n) is 0.713. The van der Waals surface area contributed by atoms with Gasteiger partial charge in [-0.15, -0.1) is 11.3 Å². The summed E-state index contributed by atoms with van der Waals surface area (Å²) < 4.78 is 1.10. The molecule has 0 aliphatic rings. The van der Waals surface area contributed by atoms with Crippen molar-refractivity contribution in [2.24, 2.45) is 0 Å². The Bertz CT molecular complexity index is 254. The van der Waals surface area contributed by atoms with Crippen molar-refractivity contribution < 1.29 is 5.11 Å². The van der Waals surface area contributed by atoms with Crippen LogP contribution in [-0.4, -0.2) is 17.3 Å². The minimum atomic E-state index is -0.656. The Kier molecular flexibility index (Phi) is 3.15. The van der Waals surface area contributed by atoms with E-state index in [2.05, 4.69) is 21.2 Å². The predicted molar refractivity (Wildman–Crippen MR) is 56.8 cm³/mol. The Labute approximate surface area is 84.7 Å². The minimum Gasteiger partial charge on any atom is -0.389 e. The van der Waals surface area contributed by atoms with Crippen molar-refractivity contribution in [2.75, 3.05) is 11.9 Å². The number of nitrogens with one attached hydrogen (secondary N) is 1. The first-order valence-electron chi connectivity index (χ1n) is 3.69. The van der Waals surface area contributed by atoms with Crippen LogP contribution in [0.1, 0.15) is 13.8 Å². The predicted octanol–water partition coefficient (Wildman–Crippen LogP) is 2.69. The first kappa shape index (κ1) is 10.0. The van der Waals surface area contributed by atoms with Crippen molar-refractivity contribution in [1.82, 2.24) is 0 Å². The quantitative estimate of drug-likeness (QED) is 0.864. The molecule has 0 fully saturated rings. The maximum absolute atomic E-state index is 9.42. The Morgan fingerprint density at radius 2 is 2.25 bits per heavy atom. The molecular formula is C8H12BrNOS. The van der Waals surface area contributed by atoms with Gasteiger partial charge in [-0.2, -0.15) is 0 Å². The van der Waals surface area contributed by atoms with Crippen LogP contribution < -0.4 is 5.32 Å². The van der Waals surface area contributed by atoms with Crippen LogP contribution in [0.5, 0.6) is 0 Å². The molecule has 2 N–H and O–H groups in total. The molecule has 4 heteroatoms. The van der Waals surface area contributed by atoms with Crippen molar-refractivity contribution >= 4 is 32.3 Å². The number of rotatable bonds is 3. The van der Waals surface area contributed by atoms with Gasteiger partial charge >= 0.3 is 0 Å². The summed E-state index contributed by atoms with van der Waals surface area (Å²) >= 11 is 4.99. The third-order valence-electron chi connectivity index (χ3n) is 1.27. The molecule has 0 saturated heterocycles. The highest BCUT2D eigenvalue weighted by Crippen LogP contribution is 2.26. The lowest BCUT2D eigenvalue weighted by atomic mass is 10.1. The Morgan fingerprint density at radius 3 is 2.67 bits per heavy atom. The summed E-state index contributed by atoms with van der Waals surface area (Å²) in [5.74, 6) is 0. The molecule has 1 aromatic heterocycles. The van der Waals surface area contributed by atoms with Crippen molar-refractivity contribution in [3.8, 4) is 0 Å². The van der Waals surface area contributed by atoms with Crippen LogP contribution in [0.25, 0.3) is 0 Å². The van der Waals surface area contributed by atoms with E-state index >= 15 is 0 Å². The zero-order valence-electron chi connectivity index (χ0n) is 7.10. The number of aliphatic hydroxyl groups is 1. The lowest BCUT2D eigenvalue weighted by Gasteiger charge is -2.17. The summed E-state index contributed by atoms with van der Waals surface area (Å²) in [6, 6.07) is 3.97. The molecule has 12 heavy (non-hydrogen) atoms. The van der Waals surface area contributed by atoms with Gasteiger partial charge in [-0.3, -0.25) is 0 Å². The standard InChI is InChI=1S/C8H12BrNOS/c1-8(2,11)5-10-7-4-3-6(9)12-7/h3-4,10-11H,5H2,1-2H3. The fourth-order valence-corrected chi connectivity index (χ4v) is 1.99. The number of hydrogen-bond donors (Lipinski definition) is 2. The summed E-state index contributed by atoms with van der Waals surface area (Å²) in [6.07, 6.45) is 0. The first-order chi connectivity index (χ1) is 5.47. The highest BCUT2D eigenvalue weighted by Gasteiger charge is 2.11. The third kappa shape index (κ3) is 3.56. The molecule has 0 atom stereocenters. The van der Waals surface area contributed by atoms with E-state index in [1.807, 2.05) is 12.1 Å². The van der Waals surface area contributed by atoms with Crippen molar-refractivity contribution in [2.45, 2.75) is 19.4 Å². The van der Waals surface area contributed by atoms with E-state index in [0.717, 1.165) is 8.79 Å². The average Bonchev–Trinajstić information content (AvgIpc) is 2.30. The van der Waals surface area contributed by atoms with Crippen LogP contribution in [0.2, 0.25) is 0 Å². The second-order valence-electron chi connectivity index (χ2n) is 3.27. The Balaban J connectivity index is 2.44. The molecule has 0 spiro atoms. The lowest BCUT2D eigenvalue weighted by Crippen LogP contribution is -2.28. The van der Waals surface area contributed by atoms with Crippen molar-refractivity contribution in [3.63, 3.8) is 0 Å². The van der Waals surface area contributed by atoms with E-state index < -0.39 is 5.60 Å². The third-order valence-corrected chi connectivity index (χ3v) is 2.85. The van der Waals surface area contributed by atoms with Gasteiger partial charge in [-0.1, -0.05) is 0 Å². The molecule has 68 valence electrons. The van der Waals surface area contributed by atoms with Gasteiger partial charge in [0.25, 0.3) is 0 Å². The molecule has 1 rings (SSSR count). The monoisotopic (exact) mass is 249 g/mol. The topological polar surface area (TPSA) is 32.3 Å². The number of anilines is 1. The maximum atomic E-state index is 9.42. The molecule has 0 amide bonds. The van der Waals surface area contributed by atoms with E-state index in [1.165, 1.54) is 0 Å². The fraction of sp³-hybridized carbons (Fsp3) is 0.500. The normalized spacial score (nSPS) is 11.7. The summed E-state index contributed by atoms with van der Waals surface area (Å²) in [7, 11) is 0. The number of hydrogen-bond acceptors (Lipinski definition) is 3. The van der Waals surface area contributed by atoms with Gasteiger partial charge in [0.1, 0.15) is 0 Å². The summed E-state index contributed by atoms with van der Waals surface area (Å²) in [5, 5.41) is 13.6. The minimum absolute atomic E-state index is 0.569. The molecule has 1 heterocycles. The van der Waals surface area contributed by atoms with Gasteiger partial charge in [-0.25, -0.2) is 0 Å². The molecular weight excluding hydrogens is 238 g/mol. The average molecular weight is 250 g/mol. The van der Waals surface area contributed by atoms with Crippen molar-refractivity contribution in [3.05, 3.63) is 15.9 Å². The zero-order valence-corrected chi connectivity index (χ0v) is 9.50. The summed E-state index contributed by atoms with van der Waals surface area (Å²) in [4.78, 5) is 0. The largest absolute Gasteiger partial charge is 0.389 e. The second-order valence-corrected chi connectivity index (χ2v) is 5.73. The Morgan fingerprint density at radius 1 is 1.58 bits per heavy atom. The van der Waals surface area contributed by atoms with E-state index in [-0.39, 0.29) is 0 Å². The van der Waals surface area contributed by atoms with Gasteiger partial charge in [0.15, 0.2) is 0 Å². The molecule has 0 unspecified atom stereocenters. The lowest BCUT2D eigenvalue weighted by molar-refractivity contribution is 0.0946.